The molecule has 2 aliphatic rings. The maximum atomic E-state index is 13.5. The Morgan fingerprint density at radius 1 is 0.850 bits per heavy atom. The largest absolute Gasteiger partial charge is 0.367 e. The number of hydrogen-bond donors (Lipinski definition) is 0. The SMILES string of the molecule is CC(=O)C1(c2ccccc2)CCN(CCC2(c3ccc(Cl)c(Cl)c3)CN(C(=O)c3cccc(Cl)c3)CCO2)CC1. The van der Waals surface area contributed by atoms with Crippen molar-refractivity contribution in [3.05, 3.63) is 105 Å². The van der Waals surface area contributed by atoms with Gasteiger partial charge in [-0.15, -0.1) is 0 Å². The van der Waals surface area contributed by atoms with Crippen molar-refractivity contribution in [3.8, 4) is 0 Å². The molecule has 0 bridgehead atoms. The Morgan fingerprint density at radius 3 is 2.27 bits per heavy atom. The lowest BCUT2D eigenvalue weighted by atomic mass is 9.70. The molecule has 3 aromatic rings. The molecule has 2 fully saturated rings. The number of morpholine rings is 1. The van der Waals surface area contributed by atoms with E-state index < -0.39 is 11.0 Å². The van der Waals surface area contributed by atoms with E-state index in [0.717, 1.165) is 43.6 Å². The number of halogens is 3. The molecule has 0 N–H and O–H groups in total. The van der Waals surface area contributed by atoms with Gasteiger partial charge < -0.3 is 14.5 Å². The van der Waals surface area contributed by atoms with E-state index >= 15 is 0 Å². The number of hydrogen-bond acceptors (Lipinski definition) is 4. The zero-order chi connectivity index (χ0) is 28.3. The molecule has 0 radical (unpaired) electrons. The molecule has 1 unspecified atom stereocenters. The predicted octanol–water partition coefficient (Wildman–Crippen LogP) is 7.03. The highest BCUT2D eigenvalue weighted by atomic mass is 35.5. The molecular formula is C32H33Cl3N2O3. The molecule has 210 valence electrons. The van der Waals surface area contributed by atoms with Crippen LogP contribution in [0.1, 0.15) is 47.7 Å². The number of rotatable bonds is 7. The van der Waals surface area contributed by atoms with Crippen LogP contribution >= 0.6 is 34.8 Å². The highest BCUT2D eigenvalue weighted by molar-refractivity contribution is 6.42. The van der Waals surface area contributed by atoms with Crippen molar-refractivity contribution in [2.45, 2.75) is 37.2 Å². The Morgan fingerprint density at radius 2 is 1.60 bits per heavy atom. The quantitative estimate of drug-likeness (QED) is 0.293. The summed E-state index contributed by atoms with van der Waals surface area (Å²) in [4.78, 5) is 30.6. The number of piperidine rings is 1. The van der Waals surface area contributed by atoms with Crippen LogP contribution in [0.15, 0.2) is 72.8 Å². The fraction of sp³-hybridized carbons (Fsp3) is 0.375. The molecule has 0 saturated carbocycles. The van der Waals surface area contributed by atoms with Gasteiger partial charge in [-0.1, -0.05) is 77.3 Å². The van der Waals surface area contributed by atoms with E-state index in [2.05, 4.69) is 17.0 Å². The molecule has 1 amide bonds. The summed E-state index contributed by atoms with van der Waals surface area (Å²) in [5, 5.41) is 1.45. The van der Waals surface area contributed by atoms with Crippen LogP contribution in [-0.2, 0) is 20.5 Å². The summed E-state index contributed by atoms with van der Waals surface area (Å²) in [6.45, 7) is 5.33. The first-order valence-electron chi connectivity index (χ1n) is 13.7. The van der Waals surface area contributed by atoms with Gasteiger partial charge >= 0.3 is 0 Å². The molecule has 5 rings (SSSR count). The van der Waals surface area contributed by atoms with Crippen LogP contribution in [0.3, 0.4) is 0 Å². The van der Waals surface area contributed by atoms with Gasteiger partial charge in [-0.3, -0.25) is 9.59 Å². The van der Waals surface area contributed by atoms with Crippen LogP contribution in [0.2, 0.25) is 15.1 Å². The van der Waals surface area contributed by atoms with Crippen LogP contribution in [0.25, 0.3) is 0 Å². The number of carbonyl (C=O) groups excluding carboxylic acids is 2. The lowest BCUT2D eigenvalue weighted by Crippen LogP contribution is -2.54. The number of amides is 1. The van der Waals surface area contributed by atoms with Crippen LogP contribution in [0.5, 0.6) is 0 Å². The van der Waals surface area contributed by atoms with Crippen molar-refractivity contribution < 1.29 is 14.3 Å². The summed E-state index contributed by atoms with van der Waals surface area (Å²) in [6.07, 6.45) is 2.20. The number of Topliss-reactive ketones (excluding diaryl/α,β-unsaturated/α-hetero) is 1. The molecule has 2 heterocycles. The number of ketones is 1. The van der Waals surface area contributed by atoms with Crippen LogP contribution < -0.4 is 0 Å². The van der Waals surface area contributed by atoms with Crippen molar-refractivity contribution >= 4 is 46.5 Å². The van der Waals surface area contributed by atoms with Crippen molar-refractivity contribution in [1.82, 2.24) is 9.80 Å². The zero-order valence-corrected chi connectivity index (χ0v) is 24.8. The van der Waals surface area contributed by atoms with E-state index in [1.165, 1.54) is 0 Å². The lowest BCUT2D eigenvalue weighted by Gasteiger charge is -2.45. The van der Waals surface area contributed by atoms with Gasteiger partial charge in [0.1, 0.15) is 11.4 Å². The second kappa shape index (κ2) is 12.2. The molecule has 2 saturated heterocycles. The lowest BCUT2D eigenvalue weighted by molar-refractivity contribution is -0.125. The average molecular weight is 600 g/mol. The van der Waals surface area contributed by atoms with Crippen LogP contribution in [0, 0.1) is 0 Å². The minimum Gasteiger partial charge on any atom is -0.367 e. The van der Waals surface area contributed by atoms with E-state index in [0.29, 0.717) is 46.7 Å². The third kappa shape index (κ3) is 5.95. The van der Waals surface area contributed by atoms with Crippen LogP contribution in [0.4, 0.5) is 0 Å². The first-order valence-corrected chi connectivity index (χ1v) is 14.8. The molecule has 5 nitrogen and oxygen atoms in total. The van der Waals surface area contributed by atoms with Gasteiger partial charge in [0.2, 0.25) is 0 Å². The third-order valence-electron chi connectivity index (χ3n) is 8.53. The summed E-state index contributed by atoms with van der Waals surface area (Å²) in [6, 6.07) is 22.7. The standard InChI is InChI=1S/C32H33Cl3N2O3/c1-23(38)31(25-7-3-2-4-8-25)12-15-36(16-13-31)17-14-32(26-10-11-28(34)29(35)21-26)22-37(18-19-40-32)30(39)24-6-5-9-27(33)20-24/h2-11,20-21H,12-19,22H2,1H3. The maximum Gasteiger partial charge on any atom is 0.254 e. The molecule has 40 heavy (non-hydrogen) atoms. The molecule has 0 spiro atoms. The summed E-state index contributed by atoms with van der Waals surface area (Å²) < 4.78 is 6.52. The minimum atomic E-state index is -0.755. The van der Waals surface area contributed by atoms with Crippen molar-refractivity contribution in [3.63, 3.8) is 0 Å². The molecule has 2 aliphatic heterocycles. The Labute approximate surface area is 251 Å². The van der Waals surface area contributed by atoms with E-state index in [1.54, 1.807) is 37.3 Å². The molecule has 8 heteroatoms. The van der Waals surface area contributed by atoms with Gasteiger partial charge in [-0.05, 0) is 80.7 Å². The van der Waals surface area contributed by atoms with E-state index in [1.807, 2.05) is 35.2 Å². The topological polar surface area (TPSA) is 49.9 Å². The van der Waals surface area contributed by atoms with E-state index in [-0.39, 0.29) is 11.7 Å². The number of ether oxygens (including phenoxy) is 1. The minimum absolute atomic E-state index is 0.0812. The van der Waals surface area contributed by atoms with Crippen molar-refractivity contribution in [2.75, 3.05) is 39.3 Å². The second-order valence-corrected chi connectivity index (χ2v) is 12.1. The predicted molar refractivity (Wildman–Crippen MR) is 161 cm³/mol. The Balaban J connectivity index is 1.36. The Hall–Kier alpha value is -2.41. The summed E-state index contributed by atoms with van der Waals surface area (Å²) in [7, 11) is 0. The fourth-order valence-electron chi connectivity index (χ4n) is 6.11. The second-order valence-electron chi connectivity index (χ2n) is 10.8. The molecule has 0 aliphatic carbocycles. The number of carbonyl (C=O) groups is 2. The number of nitrogens with zero attached hydrogens (tertiary/aromatic N) is 2. The Kier molecular flexibility index (Phi) is 8.89. The normalized spacial score (nSPS) is 21.2. The van der Waals surface area contributed by atoms with Gasteiger partial charge in [0, 0.05) is 23.7 Å². The van der Waals surface area contributed by atoms with Crippen molar-refractivity contribution in [2.24, 2.45) is 0 Å². The van der Waals surface area contributed by atoms with Gasteiger partial charge in [-0.25, -0.2) is 0 Å². The van der Waals surface area contributed by atoms with Crippen LogP contribution in [-0.4, -0.2) is 60.8 Å². The maximum absolute atomic E-state index is 13.5. The first kappa shape index (κ1) is 29.1. The molecular weight excluding hydrogens is 567 g/mol. The van der Waals surface area contributed by atoms with Gasteiger partial charge in [0.05, 0.1) is 28.6 Å². The summed E-state index contributed by atoms with van der Waals surface area (Å²) in [5.41, 5.74) is 1.34. The molecule has 1 atom stereocenters. The molecule has 0 aromatic heterocycles. The number of likely N-dealkylation sites (tertiary alicyclic amines) is 1. The third-order valence-corrected chi connectivity index (χ3v) is 9.51. The zero-order valence-electron chi connectivity index (χ0n) is 22.5. The average Bonchev–Trinajstić information content (AvgIpc) is 2.98. The van der Waals surface area contributed by atoms with Gasteiger partial charge in [0.15, 0.2) is 0 Å². The van der Waals surface area contributed by atoms with Crippen molar-refractivity contribution in [1.29, 1.82) is 0 Å². The summed E-state index contributed by atoms with van der Waals surface area (Å²) in [5.74, 6) is 0.138. The highest BCUT2D eigenvalue weighted by Gasteiger charge is 2.43. The van der Waals surface area contributed by atoms with E-state index in [4.69, 9.17) is 39.5 Å². The highest BCUT2D eigenvalue weighted by Crippen LogP contribution is 2.40. The smallest absolute Gasteiger partial charge is 0.254 e. The fourth-order valence-corrected chi connectivity index (χ4v) is 6.60. The van der Waals surface area contributed by atoms with E-state index in [9.17, 15) is 9.59 Å². The number of benzene rings is 3. The Bertz CT molecular complexity index is 1370. The summed E-state index contributed by atoms with van der Waals surface area (Å²) >= 11 is 18.9. The van der Waals surface area contributed by atoms with Gasteiger partial charge in [0.25, 0.3) is 5.91 Å². The molecule has 3 aromatic carbocycles. The monoisotopic (exact) mass is 598 g/mol. The van der Waals surface area contributed by atoms with Gasteiger partial charge in [-0.2, -0.15) is 0 Å². The first-order chi connectivity index (χ1) is 19.2.